The number of benzene rings is 1. The van der Waals surface area contributed by atoms with Crippen LogP contribution in [0.4, 0.5) is 0 Å². The number of aromatic amines is 1. The van der Waals surface area contributed by atoms with E-state index in [1.165, 1.54) is 17.2 Å². The predicted octanol–water partition coefficient (Wildman–Crippen LogP) is 1.46. The standard InChI is InChI=1S/C12H10N2O/c15-11-5-6-13-12(14-11)10-7-8-3-1-2-4-9(8)10/h1-6,10H,7H2,(H,13,14,15). The second kappa shape index (κ2) is 3.05. The van der Waals surface area contributed by atoms with Crippen molar-refractivity contribution in [3.63, 3.8) is 0 Å². The maximum atomic E-state index is 11.2. The summed E-state index contributed by atoms with van der Waals surface area (Å²) in [7, 11) is 0. The first kappa shape index (κ1) is 8.41. The molecular weight excluding hydrogens is 188 g/mol. The van der Waals surface area contributed by atoms with Gasteiger partial charge in [-0.05, 0) is 17.5 Å². The molecule has 0 aliphatic heterocycles. The van der Waals surface area contributed by atoms with Crippen molar-refractivity contribution < 1.29 is 0 Å². The maximum absolute atomic E-state index is 11.2. The van der Waals surface area contributed by atoms with E-state index < -0.39 is 0 Å². The van der Waals surface area contributed by atoms with Crippen LogP contribution in [0.5, 0.6) is 0 Å². The summed E-state index contributed by atoms with van der Waals surface area (Å²) in [6.45, 7) is 0. The number of nitrogens with zero attached hydrogens (tertiary/aromatic N) is 1. The smallest absolute Gasteiger partial charge is 0.250 e. The van der Waals surface area contributed by atoms with Crippen LogP contribution in [-0.2, 0) is 6.42 Å². The van der Waals surface area contributed by atoms with Crippen LogP contribution in [0.25, 0.3) is 0 Å². The van der Waals surface area contributed by atoms with Gasteiger partial charge >= 0.3 is 0 Å². The van der Waals surface area contributed by atoms with Gasteiger partial charge in [0.05, 0.1) is 0 Å². The molecule has 1 aliphatic carbocycles. The SMILES string of the molecule is O=c1ccnc(C2Cc3ccccc32)[nH]1. The van der Waals surface area contributed by atoms with Gasteiger partial charge in [-0.25, -0.2) is 4.98 Å². The van der Waals surface area contributed by atoms with Gasteiger partial charge in [0, 0.05) is 18.2 Å². The average Bonchev–Trinajstić information content (AvgIpc) is 2.20. The first-order chi connectivity index (χ1) is 7.34. The molecular formula is C12H10N2O. The summed E-state index contributed by atoms with van der Waals surface area (Å²) in [5.41, 5.74) is 2.56. The van der Waals surface area contributed by atoms with Crippen LogP contribution in [0.2, 0.25) is 0 Å². The highest BCUT2D eigenvalue weighted by atomic mass is 16.1. The third-order valence-corrected chi connectivity index (χ3v) is 2.88. The topological polar surface area (TPSA) is 45.8 Å². The van der Waals surface area contributed by atoms with Gasteiger partial charge in [0.15, 0.2) is 0 Å². The van der Waals surface area contributed by atoms with E-state index in [0.29, 0.717) is 0 Å². The van der Waals surface area contributed by atoms with Gasteiger partial charge in [0.25, 0.3) is 5.56 Å². The van der Waals surface area contributed by atoms with Gasteiger partial charge in [-0.2, -0.15) is 0 Å². The van der Waals surface area contributed by atoms with Gasteiger partial charge in [-0.15, -0.1) is 0 Å². The molecule has 1 aromatic carbocycles. The lowest BCUT2D eigenvalue weighted by molar-refractivity contribution is 0.656. The summed E-state index contributed by atoms with van der Waals surface area (Å²) in [6.07, 6.45) is 2.54. The minimum absolute atomic E-state index is 0.0793. The minimum Gasteiger partial charge on any atom is -0.310 e. The monoisotopic (exact) mass is 198 g/mol. The number of H-pyrrole nitrogens is 1. The Balaban J connectivity index is 2.03. The van der Waals surface area contributed by atoms with Crippen molar-refractivity contribution in [1.82, 2.24) is 9.97 Å². The molecule has 0 radical (unpaired) electrons. The molecule has 3 rings (SSSR count). The van der Waals surface area contributed by atoms with Crippen molar-refractivity contribution >= 4 is 0 Å². The summed E-state index contributed by atoms with van der Waals surface area (Å²) in [6, 6.07) is 9.71. The van der Waals surface area contributed by atoms with Crippen LogP contribution in [0.15, 0.2) is 41.3 Å². The Hall–Kier alpha value is -1.90. The lowest BCUT2D eigenvalue weighted by Gasteiger charge is -2.28. The number of fused-ring (bicyclic) bond motifs is 1. The van der Waals surface area contributed by atoms with E-state index in [-0.39, 0.29) is 11.5 Å². The lowest BCUT2D eigenvalue weighted by Crippen LogP contribution is -2.22. The van der Waals surface area contributed by atoms with Gasteiger partial charge in [-0.1, -0.05) is 24.3 Å². The number of hydrogen-bond donors (Lipinski definition) is 1. The molecule has 0 spiro atoms. The molecule has 1 aromatic heterocycles. The Morgan fingerprint density at radius 2 is 2.13 bits per heavy atom. The molecule has 1 atom stereocenters. The fraction of sp³-hybridized carbons (Fsp3) is 0.167. The maximum Gasteiger partial charge on any atom is 0.250 e. The van der Waals surface area contributed by atoms with Gasteiger partial charge in [0.2, 0.25) is 0 Å². The fourth-order valence-corrected chi connectivity index (χ4v) is 2.07. The summed E-state index contributed by atoms with van der Waals surface area (Å²) in [5.74, 6) is 1.05. The first-order valence-corrected chi connectivity index (χ1v) is 4.97. The molecule has 0 saturated heterocycles. The molecule has 1 N–H and O–H groups in total. The number of nitrogens with one attached hydrogen (secondary N) is 1. The highest BCUT2D eigenvalue weighted by Gasteiger charge is 2.28. The summed E-state index contributed by atoms with van der Waals surface area (Å²) >= 11 is 0. The minimum atomic E-state index is -0.0793. The van der Waals surface area contributed by atoms with Crippen molar-refractivity contribution in [3.8, 4) is 0 Å². The van der Waals surface area contributed by atoms with E-state index in [4.69, 9.17) is 0 Å². The molecule has 3 nitrogen and oxygen atoms in total. The van der Waals surface area contributed by atoms with Crippen LogP contribution >= 0.6 is 0 Å². The molecule has 0 saturated carbocycles. The summed E-state index contributed by atoms with van der Waals surface area (Å²) in [5, 5.41) is 0. The average molecular weight is 198 g/mol. The fourth-order valence-electron chi connectivity index (χ4n) is 2.07. The van der Waals surface area contributed by atoms with E-state index in [2.05, 4.69) is 22.1 Å². The van der Waals surface area contributed by atoms with Crippen LogP contribution in [-0.4, -0.2) is 9.97 Å². The van der Waals surface area contributed by atoms with Crippen molar-refractivity contribution in [2.45, 2.75) is 12.3 Å². The predicted molar refractivity (Wildman–Crippen MR) is 56.8 cm³/mol. The van der Waals surface area contributed by atoms with Crippen LogP contribution in [0, 0.1) is 0 Å². The number of hydrogen-bond acceptors (Lipinski definition) is 2. The molecule has 2 aromatic rings. The van der Waals surface area contributed by atoms with Crippen molar-refractivity contribution in [2.24, 2.45) is 0 Å². The lowest BCUT2D eigenvalue weighted by atomic mass is 9.77. The Bertz CT molecular complexity index is 559. The van der Waals surface area contributed by atoms with Crippen LogP contribution in [0.3, 0.4) is 0 Å². The Kier molecular flexibility index (Phi) is 1.71. The molecule has 1 unspecified atom stereocenters. The molecule has 0 amide bonds. The zero-order valence-electron chi connectivity index (χ0n) is 8.10. The third-order valence-electron chi connectivity index (χ3n) is 2.88. The van der Waals surface area contributed by atoms with Gasteiger partial charge in [0.1, 0.15) is 5.82 Å². The highest BCUT2D eigenvalue weighted by Crippen LogP contribution is 2.37. The van der Waals surface area contributed by atoms with Crippen molar-refractivity contribution in [2.75, 3.05) is 0 Å². The van der Waals surface area contributed by atoms with E-state index in [1.807, 2.05) is 12.1 Å². The summed E-state index contributed by atoms with van der Waals surface area (Å²) < 4.78 is 0. The second-order valence-electron chi connectivity index (χ2n) is 3.77. The zero-order valence-corrected chi connectivity index (χ0v) is 8.10. The molecule has 3 heteroatoms. The summed E-state index contributed by atoms with van der Waals surface area (Å²) in [4.78, 5) is 18.1. The van der Waals surface area contributed by atoms with Gasteiger partial charge < -0.3 is 4.98 Å². The van der Waals surface area contributed by atoms with E-state index in [0.717, 1.165) is 12.2 Å². The first-order valence-electron chi connectivity index (χ1n) is 4.97. The Morgan fingerprint density at radius 3 is 2.93 bits per heavy atom. The van der Waals surface area contributed by atoms with Crippen molar-refractivity contribution in [1.29, 1.82) is 0 Å². The van der Waals surface area contributed by atoms with Crippen LogP contribution < -0.4 is 5.56 Å². The molecule has 1 heterocycles. The van der Waals surface area contributed by atoms with Crippen LogP contribution in [0.1, 0.15) is 22.9 Å². The Labute approximate surface area is 86.8 Å². The second-order valence-corrected chi connectivity index (χ2v) is 3.77. The normalized spacial score (nSPS) is 18.0. The van der Waals surface area contributed by atoms with E-state index >= 15 is 0 Å². The van der Waals surface area contributed by atoms with E-state index in [9.17, 15) is 4.79 Å². The molecule has 74 valence electrons. The number of aromatic nitrogens is 2. The van der Waals surface area contributed by atoms with Gasteiger partial charge in [-0.3, -0.25) is 4.79 Å². The molecule has 0 fully saturated rings. The highest BCUT2D eigenvalue weighted by molar-refractivity contribution is 5.43. The molecule has 1 aliphatic rings. The molecule has 0 bridgehead atoms. The Morgan fingerprint density at radius 1 is 1.27 bits per heavy atom. The van der Waals surface area contributed by atoms with Crippen molar-refractivity contribution in [3.05, 3.63) is 63.8 Å². The number of rotatable bonds is 1. The zero-order chi connectivity index (χ0) is 10.3. The quantitative estimate of drug-likeness (QED) is 0.754. The largest absolute Gasteiger partial charge is 0.310 e. The van der Waals surface area contributed by atoms with E-state index in [1.54, 1.807) is 6.20 Å². The molecule has 15 heavy (non-hydrogen) atoms. The third kappa shape index (κ3) is 1.28.